The first-order valence-corrected chi connectivity index (χ1v) is 10.1. The third-order valence-corrected chi connectivity index (χ3v) is 0. The second-order valence-electron chi connectivity index (χ2n) is 1.29. The molecule has 109 valence electrons. The van der Waals surface area contributed by atoms with Crippen LogP contribution in [-0.4, -0.2) is 86.8 Å². The van der Waals surface area contributed by atoms with Gasteiger partial charge in [-0.05, 0) is 0 Å². The summed E-state index contributed by atoms with van der Waals surface area (Å²) < 4.78 is 68.3. The predicted molar refractivity (Wildman–Crippen MR) is 46.1 cm³/mol. The van der Waals surface area contributed by atoms with Gasteiger partial charge in [0.25, 0.3) is 5.97 Å². The van der Waals surface area contributed by atoms with Crippen molar-refractivity contribution in [2.45, 2.75) is 6.92 Å². The zero-order chi connectivity index (χ0) is 14.3. The minimum atomic E-state index is -3.69. The Morgan fingerprint density at radius 1 is 0.882 bits per heavy atom. The monoisotopic (exact) mass is 495 g/mol. The van der Waals surface area contributed by atoms with Crippen LogP contribution in [0.4, 0.5) is 0 Å². The Morgan fingerprint density at radius 2 is 0.882 bits per heavy atom. The van der Waals surface area contributed by atoms with E-state index >= 15 is 0 Å². The van der Waals surface area contributed by atoms with Gasteiger partial charge < -0.3 is 5.11 Å². The van der Waals surface area contributed by atoms with Crippen LogP contribution in [0.15, 0.2) is 0 Å². The summed E-state index contributed by atoms with van der Waals surface area (Å²) in [6.45, 7) is 1.08. The number of aliphatic carboxylic acids is 1. The van der Waals surface area contributed by atoms with Gasteiger partial charge in [0, 0.05) is 6.92 Å². The van der Waals surface area contributed by atoms with E-state index in [9.17, 15) is 0 Å². The summed E-state index contributed by atoms with van der Waals surface area (Å²) in [4.78, 5) is 9.00. The van der Waals surface area contributed by atoms with Crippen molar-refractivity contribution >= 4 is 53.0 Å². The summed E-state index contributed by atoms with van der Waals surface area (Å²) in [7, 11) is 0. The van der Waals surface area contributed by atoms with Crippen LogP contribution < -0.4 is 8.19 Å². The van der Waals surface area contributed by atoms with Gasteiger partial charge in [-0.25, -0.2) is 0 Å². The van der Waals surface area contributed by atoms with Gasteiger partial charge in [0.05, 0.1) is 0 Å². The number of hydrogen-bond donors (Lipinski definition) is 8. The average Bonchev–Trinajstić information content (AvgIpc) is 1.76. The molecule has 0 saturated heterocycles. The van der Waals surface area contributed by atoms with E-state index in [4.69, 9.17) is 46.8 Å². The van der Waals surface area contributed by atoms with E-state index < -0.39 is 53.0 Å². The van der Waals surface area contributed by atoms with Gasteiger partial charge in [-0.15, -0.1) is 0 Å². The van der Waals surface area contributed by atoms with Gasteiger partial charge in [0.15, 0.2) is 0 Å². The molecule has 0 spiro atoms. The summed E-state index contributed by atoms with van der Waals surface area (Å²) in [5.41, 5.74) is 0. The van der Waals surface area contributed by atoms with Crippen molar-refractivity contribution in [3.8, 4) is 0 Å². The van der Waals surface area contributed by atoms with Crippen LogP contribution in [0.3, 0.4) is 0 Å². The molecule has 0 rings (SSSR count). The second-order valence-corrected chi connectivity index (χ2v) is 4.54. The van der Waals surface area contributed by atoms with E-state index in [1.807, 2.05) is 0 Å². The van der Waals surface area contributed by atoms with Crippen LogP contribution in [0, 0.1) is 0 Å². The van der Waals surface area contributed by atoms with Crippen LogP contribution in [0.2, 0.25) is 0 Å². The summed E-state index contributed by atoms with van der Waals surface area (Å²) in [6.07, 6.45) is 0. The van der Waals surface area contributed by atoms with Gasteiger partial charge in [-0.1, -0.05) is 0 Å². The summed E-state index contributed by atoms with van der Waals surface area (Å²) in [5.74, 6) is -0.833. The molecule has 0 fully saturated rings. The third kappa shape index (κ3) is 2420. The fourth-order valence-corrected chi connectivity index (χ4v) is 0. The van der Waals surface area contributed by atoms with E-state index in [0.717, 1.165) is 6.92 Å². The maximum absolute atomic E-state index is 9.00. The molecule has 1 radical (unpaired) electrons. The molecule has 0 aliphatic heterocycles. The van der Waals surface area contributed by atoms with E-state index in [-0.39, 0.29) is 16.8 Å². The maximum atomic E-state index is 9.00. The Hall–Kier alpha value is 1.29. The van der Waals surface area contributed by atoms with Crippen molar-refractivity contribution < 1.29 is 63.5 Å². The molecule has 0 unspecified atom stereocenters. The minimum absolute atomic E-state index is 0. The Balaban J connectivity index is -0.0000000369. The normalized spacial score (nSPS) is 7.82. The molecule has 0 heterocycles. The molecule has 0 atom stereocenters. The van der Waals surface area contributed by atoms with Crippen LogP contribution in [0.5, 0.6) is 0 Å². The van der Waals surface area contributed by atoms with Crippen molar-refractivity contribution in [3.05, 3.63) is 0 Å². The number of hydrogen-bond acceptors (Lipinski definition) is 10. The summed E-state index contributed by atoms with van der Waals surface area (Å²) in [5, 5.41) is 7.42. The molecule has 0 aliphatic carbocycles. The van der Waals surface area contributed by atoms with Crippen LogP contribution >= 0.6 is 0 Å². The van der Waals surface area contributed by atoms with E-state index in [2.05, 4.69) is 0 Å². The van der Waals surface area contributed by atoms with Gasteiger partial charge in [-0.2, -0.15) is 0 Å². The molecule has 0 aromatic heterocycles. The standard InChI is InChI=1S/C2H4O2.2AsH3O3.AsHO3.Co/c1-2(3)4;3*2-1(3)4;/h1H3,(H,3,4);2*2-4H;2H;/q;;;-2;+2. The first kappa shape index (κ1) is 31.0. The number of carbonyl (C=O) groups is 1. The molecular formula is C2H11As3CoO11. The molecule has 0 aliphatic rings. The molecule has 0 saturated carbocycles. The Morgan fingerprint density at radius 3 is 0.882 bits per heavy atom. The van der Waals surface area contributed by atoms with Crippen LogP contribution in [0.1, 0.15) is 6.92 Å². The molecular weight excluding hydrogens is 484 g/mol. The fraction of sp³-hybridized carbons (Fsp3) is 0.500. The molecule has 11 nitrogen and oxygen atoms in total. The number of carboxylic acid groups (broad SMARTS) is 1. The van der Waals surface area contributed by atoms with Gasteiger partial charge in [0.2, 0.25) is 0 Å². The quantitative estimate of drug-likeness (QED) is 0.148. The topological polar surface area (TPSA) is 225 Å². The SMILES string of the molecule is CC(=O)O.O[As](O)O.O[As](O)O.[Co+2].[O-][As]([O-])O. The predicted octanol–water partition coefficient (Wildman–Crippen LogP) is -7.33. The first-order chi connectivity index (χ1) is 6.93. The summed E-state index contributed by atoms with van der Waals surface area (Å²) >= 11 is -10.1. The zero-order valence-corrected chi connectivity index (χ0v) is 14.6. The van der Waals surface area contributed by atoms with E-state index in [1.54, 1.807) is 0 Å². The van der Waals surface area contributed by atoms with Crippen LogP contribution in [-0.2, 0) is 21.6 Å². The molecule has 0 bridgehead atoms. The van der Waals surface area contributed by atoms with Crippen LogP contribution in [0.25, 0.3) is 0 Å². The molecule has 0 amide bonds. The fourth-order valence-electron chi connectivity index (χ4n) is 0. The zero-order valence-electron chi connectivity index (χ0n) is 7.98. The molecule has 0 aromatic carbocycles. The van der Waals surface area contributed by atoms with Crippen molar-refractivity contribution in [1.82, 2.24) is 0 Å². The Kier molecular flexibility index (Phi) is 47.3. The second kappa shape index (κ2) is 26.0. The number of rotatable bonds is 0. The molecule has 15 heteroatoms. The molecule has 0 aromatic rings. The van der Waals surface area contributed by atoms with E-state index in [0.29, 0.717) is 0 Å². The van der Waals surface area contributed by atoms with Gasteiger partial charge in [0.1, 0.15) is 0 Å². The van der Waals surface area contributed by atoms with Crippen molar-refractivity contribution in [1.29, 1.82) is 0 Å². The third-order valence-electron chi connectivity index (χ3n) is 0. The average molecular weight is 495 g/mol. The first-order valence-electron chi connectivity index (χ1n) is 2.69. The Bertz CT molecular complexity index is 105. The Labute approximate surface area is 123 Å². The van der Waals surface area contributed by atoms with Crippen molar-refractivity contribution in [2.75, 3.05) is 0 Å². The van der Waals surface area contributed by atoms with Crippen molar-refractivity contribution in [2.24, 2.45) is 0 Å². The van der Waals surface area contributed by atoms with Gasteiger partial charge in [-0.3, -0.25) is 4.79 Å². The van der Waals surface area contributed by atoms with E-state index in [1.165, 1.54) is 0 Å². The molecule has 17 heavy (non-hydrogen) atoms. The van der Waals surface area contributed by atoms with Crippen molar-refractivity contribution in [3.63, 3.8) is 0 Å². The number of carboxylic acids is 1. The molecule has 8 N–H and O–H groups in total. The van der Waals surface area contributed by atoms with Gasteiger partial charge >= 0.3 is 101 Å². The summed E-state index contributed by atoms with van der Waals surface area (Å²) in [6, 6.07) is 0.